The molecule has 0 unspecified atom stereocenters. The summed E-state index contributed by atoms with van der Waals surface area (Å²) in [4.78, 5) is 0. The maximum absolute atomic E-state index is 2.43. The third-order valence-corrected chi connectivity index (χ3v) is 9.89. The molecule has 0 N–H and O–H groups in total. The molecule has 48 heavy (non-hydrogen) atoms. The van der Waals surface area contributed by atoms with Gasteiger partial charge < -0.3 is 9.13 Å². The van der Waals surface area contributed by atoms with Crippen LogP contribution >= 0.6 is 0 Å². The average Bonchev–Trinajstić information content (AvgIpc) is 3.66. The van der Waals surface area contributed by atoms with Crippen LogP contribution in [-0.4, -0.2) is 9.13 Å². The zero-order valence-electron chi connectivity index (χ0n) is 26.2. The lowest BCUT2D eigenvalue weighted by molar-refractivity contribution is 1.17. The van der Waals surface area contributed by atoms with Gasteiger partial charge in [0.15, 0.2) is 0 Å². The van der Waals surface area contributed by atoms with Crippen molar-refractivity contribution in [3.8, 4) is 33.6 Å². The summed E-state index contributed by atoms with van der Waals surface area (Å²) >= 11 is 0. The Balaban J connectivity index is 1.18. The Bertz CT molecular complexity index is 2820. The molecule has 8 aromatic carbocycles. The molecule has 0 aliphatic heterocycles. The zero-order valence-corrected chi connectivity index (χ0v) is 26.2. The summed E-state index contributed by atoms with van der Waals surface area (Å²) in [6.07, 6.45) is 0. The summed E-state index contributed by atoms with van der Waals surface area (Å²) in [5.74, 6) is 0. The molecule has 0 atom stereocenters. The van der Waals surface area contributed by atoms with E-state index in [2.05, 4.69) is 191 Å². The van der Waals surface area contributed by atoms with Crippen molar-refractivity contribution in [3.63, 3.8) is 0 Å². The van der Waals surface area contributed by atoms with E-state index in [4.69, 9.17) is 0 Å². The third kappa shape index (κ3) is 4.13. The Morgan fingerprint density at radius 1 is 0.250 bits per heavy atom. The zero-order chi connectivity index (χ0) is 31.6. The molecule has 0 radical (unpaired) electrons. The first-order valence-corrected chi connectivity index (χ1v) is 16.5. The lowest BCUT2D eigenvalue weighted by atomic mass is 9.99. The summed E-state index contributed by atoms with van der Waals surface area (Å²) in [5.41, 5.74) is 12.0. The minimum atomic E-state index is 1.15. The summed E-state index contributed by atoms with van der Waals surface area (Å²) in [5, 5.41) is 7.55. The molecule has 224 valence electrons. The average molecular weight is 611 g/mol. The van der Waals surface area contributed by atoms with E-state index in [1.54, 1.807) is 0 Å². The summed E-state index contributed by atoms with van der Waals surface area (Å²) in [6.45, 7) is 0. The van der Waals surface area contributed by atoms with Gasteiger partial charge in [-0.15, -0.1) is 0 Å². The van der Waals surface area contributed by atoms with Crippen molar-refractivity contribution >= 4 is 54.4 Å². The van der Waals surface area contributed by atoms with Gasteiger partial charge in [-0.05, 0) is 87.6 Å². The van der Waals surface area contributed by atoms with Crippen LogP contribution in [0.4, 0.5) is 0 Å². The van der Waals surface area contributed by atoms with Gasteiger partial charge >= 0.3 is 0 Å². The molecule has 0 aliphatic rings. The fraction of sp³-hybridized carbons (Fsp3) is 0. The molecule has 0 saturated heterocycles. The van der Waals surface area contributed by atoms with Crippen molar-refractivity contribution in [1.82, 2.24) is 9.13 Å². The number of fused-ring (bicyclic) bond motifs is 7. The van der Waals surface area contributed by atoms with Crippen molar-refractivity contribution in [2.24, 2.45) is 0 Å². The van der Waals surface area contributed by atoms with Crippen LogP contribution in [0.2, 0.25) is 0 Å². The van der Waals surface area contributed by atoms with Gasteiger partial charge in [0, 0.05) is 32.9 Å². The Labute approximate surface area is 278 Å². The van der Waals surface area contributed by atoms with Crippen molar-refractivity contribution in [2.75, 3.05) is 0 Å². The molecular weight excluding hydrogens is 581 g/mol. The Kier molecular flexibility index (Phi) is 5.91. The van der Waals surface area contributed by atoms with Crippen LogP contribution in [0, 0.1) is 0 Å². The highest BCUT2D eigenvalue weighted by molar-refractivity contribution is 6.19. The van der Waals surface area contributed by atoms with Gasteiger partial charge in [0.05, 0.1) is 22.1 Å². The van der Waals surface area contributed by atoms with Gasteiger partial charge in [-0.1, -0.05) is 127 Å². The number of nitrogens with zero attached hydrogens (tertiary/aromatic N) is 2. The number of aromatic nitrogens is 2. The largest absolute Gasteiger partial charge is 0.309 e. The second-order valence-corrected chi connectivity index (χ2v) is 12.6. The first-order valence-electron chi connectivity index (χ1n) is 16.5. The quantitative estimate of drug-likeness (QED) is 0.188. The number of benzene rings is 8. The smallest absolute Gasteiger partial charge is 0.0562 e. The third-order valence-electron chi connectivity index (χ3n) is 9.89. The molecule has 0 saturated carbocycles. The fourth-order valence-corrected chi connectivity index (χ4v) is 7.62. The molecule has 0 aliphatic carbocycles. The van der Waals surface area contributed by atoms with Crippen molar-refractivity contribution in [1.29, 1.82) is 0 Å². The Morgan fingerprint density at radius 3 is 1.46 bits per heavy atom. The van der Waals surface area contributed by atoms with Crippen LogP contribution in [0.25, 0.3) is 88.0 Å². The van der Waals surface area contributed by atoms with E-state index in [0.29, 0.717) is 0 Å². The van der Waals surface area contributed by atoms with Crippen molar-refractivity contribution < 1.29 is 0 Å². The van der Waals surface area contributed by atoms with E-state index in [0.717, 1.165) is 5.69 Å². The molecule has 0 spiro atoms. The van der Waals surface area contributed by atoms with Crippen molar-refractivity contribution in [3.05, 3.63) is 182 Å². The maximum Gasteiger partial charge on any atom is 0.0562 e. The maximum atomic E-state index is 2.43. The second-order valence-electron chi connectivity index (χ2n) is 12.6. The molecule has 0 bridgehead atoms. The van der Waals surface area contributed by atoms with Crippen LogP contribution in [0.1, 0.15) is 0 Å². The molecule has 0 amide bonds. The number of hydrogen-bond acceptors (Lipinski definition) is 0. The van der Waals surface area contributed by atoms with Crippen LogP contribution in [0.15, 0.2) is 182 Å². The summed E-state index contributed by atoms with van der Waals surface area (Å²) < 4.78 is 4.86. The van der Waals surface area contributed by atoms with Gasteiger partial charge in [0.2, 0.25) is 0 Å². The topological polar surface area (TPSA) is 9.86 Å². The monoisotopic (exact) mass is 610 g/mol. The normalized spacial score (nSPS) is 11.8. The number of rotatable bonds is 4. The predicted octanol–water partition coefficient (Wildman–Crippen LogP) is 12.4. The van der Waals surface area contributed by atoms with Crippen LogP contribution in [0.3, 0.4) is 0 Å². The van der Waals surface area contributed by atoms with Gasteiger partial charge in [-0.25, -0.2) is 0 Å². The first kappa shape index (κ1) is 26.8. The second kappa shape index (κ2) is 10.6. The minimum absolute atomic E-state index is 1.15. The number of para-hydroxylation sites is 2. The molecule has 2 nitrogen and oxygen atoms in total. The highest BCUT2D eigenvalue weighted by Gasteiger charge is 2.18. The first-order chi connectivity index (χ1) is 23.8. The highest BCUT2D eigenvalue weighted by Crippen LogP contribution is 2.40. The minimum Gasteiger partial charge on any atom is -0.309 e. The van der Waals surface area contributed by atoms with Gasteiger partial charge in [-0.2, -0.15) is 0 Å². The van der Waals surface area contributed by atoms with E-state index in [1.807, 2.05) is 0 Å². The Hall–Kier alpha value is -6.38. The molecule has 10 aromatic rings. The molecule has 2 heteroatoms. The Morgan fingerprint density at radius 2 is 0.771 bits per heavy atom. The lowest BCUT2D eigenvalue weighted by Gasteiger charge is -2.12. The standard InChI is InChI=1S/C46H30N2/c1-2-11-31(12-3-1)34-15-10-16-35(27-34)33-21-24-37(25-22-33)47-43-19-8-6-17-39(43)41-29-42-40-18-7-9-20-44(40)48(46(42)30-45(41)47)38-26-23-32-13-4-5-14-36(32)28-38/h1-30H. The van der Waals surface area contributed by atoms with Gasteiger partial charge in [-0.3, -0.25) is 0 Å². The van der Waals surface area contributed by atoms with Crippen molar-refractivity contribution in [2.45, 2.75) is 0 Å². The van der Waals surface area contributed by atoms with Gasteiger partial charge in [0.1, 0.15) is 0 Å². The molecular formula is C46H30N2. The molecule has 0 fully saturated rings. The van der Waals surface area contributed by atoms with E-state index in [-0.39, 0.29) is 0 Å². The fourth-order valence-electron chi connectivity index (χ4n) is 7.62. The SMILES string of the molecule is c1ccc(-c2cccc(-c3ccc(-n4c5ccccc5c5cc6c7ccccc7n(-c7ccc8ccccc8c7)c6cc54)cc3)c2)cc1. The van der Waals surface area contributed by atoms with E-state index >= 15 is 0 Å². The van der Waals surface area contributed by atoms with Crippen LogP contribution in [-0.2, 0) is 0 Å². The van der Waals surface area contributed by atoms with Crippen LogP contribution in [0.5, 0.6) is 0 Å². The van der Waals surface area contributed by atoms with Gasteiger partial charge in [0.25, 0.3) is 0 Å². The lowest BCUT2D eigenvalue weighted by Crippen LogP contribution is -1.96. The summed E-state index contributed by atoms with van der Waals surface area (Å²) in [6, 6.07) is 66.2. The molecule has 2 heterocycles. The van der Waals surface area contributed by atoms with E-state index in [1.165, 1.54) is 82.3 Å². The summed E-state index contributed by atoms with van der Waals surface area (Å²) in [7, 11) is 0. The van der Waals surface area contributed by atoms with E-state index in [9.17, 15) is 0 Å². The molecule has 10 rings (SSSR count). The highest BCUT2D eigenvalue weighted by atomic mass is 15.0. The molecule has 2 aromatic heterocycles. The number of hydrogen-bond donors (Lipinski definition) is 0. The van der Waals surface area contributed by atoms with Crippen LogP contribution < -0.4 is 0 Å². The van der Waals surface area contributed by atoms with E-state index < -0.39 is 0 Å². The predicted molar refractivity (Wildman–Crippen MR) is 203 cm³/mol.